The second kappa shape index (κ2) is 7.63. The SMILES string of the molecule is CCN(CC)c1ccnc(N2CCN(c3ncnc4n[nH]c(Br)c34)CC2)n1. The molecule has 0 aliphatic carbocycles. The van der Waals surface area contributed by atoms with Crippen LogP contribution in [0.4, 0.5) is 17.6 Å². The lowest BCUT2D eigenvalue weighted by Gasteiger charge is -2.35. The van der Waals surface area contributed by atoms with Crippen molar-refractivity contribution in [1.29, 1.82) is 0 Å². The fourth-order valence-corrected chi connectivity index (χ4v) is 3.82. The number of aromatic amines is 1. The number of nitrogens with one attached hydrogen (secondary N) is 1. The minimum Gasteiger partial charge on any atom is -0.357 e. The van der Waals surface area contributed by atoms with Crippen LogP contribution in [-0.2, 0) is 0 Å². The van der Waals surface area contributed by atoms with Crippen LogP contribution in [0.2, 0.25) is 0 Å². The van der Waals surface area contributed by atoms with E-state index < -0.39 is 0 Å². The van der Waals surface area contributed by atoms with Crippen LogP contribution in [0, 0.1) is 0 Å². The monoisotopic (exact) mass is 431 g/mol. The summed E-state index contributed by atoms with van der Waals surface area (Å²) in [6, 6.07) is 1.97. The molecule has 142 valence electrons. The lowest BCUT2D eigenvalue weighted by atomic mass is 10.3. The zero-order valence-electron chi connectivity index (χ0n) is 15.4. The fourth-order valence-electron chi connectivity index (χ4n) is 3.38. The Morgan fingerprint density at radius 1 is 1.07 bits per heavy atom. The molecule has 10 heteroatoms. The Kier molecular flexibility index (Phi) is 5.06. The fraction of sp³-hybridized carbons (Fsp3) is 0.471. The molecule has 3 aromatic rings. The lowest BCUT2D eigenvalue weighted by molar-refractivity contribution is 0.635. The van der Waals surface area contributed by atoms with Gasteiger partial charge >= 0.3 is 0 Å². The molecule has 27 heavy (non-hydrogen) atoms. The molecule has 1 saturated heterocycles. The number of aromatic nitrogens is 6. The molecule has 1 aliphatic heterocycles. The first-order chi connectivity index (χ1) is 13.2. The minimum absolute atomic E-state index is 0.671. The molecule has 3 aromatic heterocycles. The van der Waals surface area contributed by atoms with Gasteiger partial charge in [0.2, 0.25) is 5.95 Å². The highest BCUT2D eigenvalue weighted by molar-refractivity contribution is 9.10. The molecular weight excluding hydrogens is 410 g/mol. The molecule has 0 bridgehead atoms. The van der Waals surface area contributed by atoms with Gasteiger partial charge in [-0.05, 0) is 35.8 Å². The highest BCUT2D eigenvalue weighted by Crippen LogP contribution is 2.29. The van der Waals surface area contributed by atoms with Gasteiger partial charge in [-0.15, -0.1) is 0 Å². The molecule has 0 atom stereocenters. The Bertz CT molecular complexity index is 916. The van der Waals surface area contributed by atoms with Crippen LogP contribution in [0.3, 0.4) is 0 Å². The van der Waals surface area contributed by atoms with E-state index in [9.17, 15) is 0 Å². The lowest BCUT2D eigenvalue weighted by Crippen LogP contribution is -2.47. The molecule has 1 aliphatic rings. The Morgan fingerprint density at radius 3 is 2.56 bits per heavy atom. The maximum absolute atomic E-state index is 4.77. The van der Waals surface area contributed by atoms with Crippen LogP contribution < -0.4 is 14.7 Å². The molecule has 0 unspecified atom stereocenters. The van der Waals surface area contributed by atoms with Crippen molar-refractivity contribution >= 4 is 44.5 Å². The molecule has 4 rings (SSSR count). The van der Waals surface area contributed by atoms with Gasteiger partial charge in [-0.25, -0.2) is 15.0 Å². The molecule has 9 nitrogen and oxygen atoms in total. The van der Waals surface area contributed by atoms with Gasteiger partial charge in [-0.1, -0.05) is 0 Å². The maximum atomic E-state index is 4.77. The summed E-state index contributed by atoms with van der Waals surface area (Å²) in [5.41, 5.74) is 0.671. The zero-order valence-corrected chi connectivity index (χ0v) is 17.0. The first kappa shape index (κ1) is 17.9. The molecule has 0 amide bonds. The molecule has 4 heterocycles. The minimum atomic E-state index is 0.671. The van der Waals surface area contributed by atoms with Gasteiger partial charge in [0.15, 0.2) is 5.65 Å². The van der Waals surface area contributed by atoms with E-state index in [1.807, 2.05) is 12.3 Å². The van der Waals surface area contributed by atoms with E-state index in [4.69, 9.17) is 4.98 Å². The number of rotatable bonds is 5. The Morgan fingerprint density at radius 2 is 1.81 bits per heavy atom. The van der Waals surface area contributed by atoms with Crippen LogP contribution in [0.1, 0.15) is 13.8 Å². The molecule has 1 N–H and O–H groups in total. The summed E-state index contributed by atoms with van der Waals surface area (Å²) in [4.78, 5) is 24.7. The largest absolute Gasteiger partial charge is 0.357 e. The Hall–Kier alpha value is -2.49. The standard InChI is InChI=1S/C17H22BrN9/c1-3-25(4-2)12-5-6-19-17(22-12)27-9-7-26(8-10-27)16-13-14(18)23-24-15(13)20-11-21-16/h5-6,11H,3-4,7-10H2,1-2H3,(H,20,21,23,24). The number of fused-ring (bicyclic) bond motifs is 1. The number of anilines is 3. The van der Waals surface area contributed by atoms with E-state index in [0.29, 0.717) is 5.65 Å². The highest BCUT2D eigenvalue weighted by atomic mass is 79.9. The van der Waals surface area contributed by atoms with Crippen molar-refractivity contribution < 1.29 is 0 Å². The average Bonchev–Trinajstić information content (AvgIpc) is 3.11. The highest BCUT2D eigenvalue weighted by Gasteiger charge is 2.23. The summed E-state index contributed by atoms with van der Waals surface area (Å²) in [6.07, 6.45) is 3.41. The third kappa shape index (κ3) is 3.41. The van der Waals surface area contributed by atoms with Crippen LogP contribution in [0.25, 0.3) is 11.0 Å². The number of halogens is 1. The van der Waals surface area contributed by atoms with Crippen molar-refractivity contribution in [2.45, 2.75) is 13.8 Å². The van der Waals surface area contributed by atoms with Gasteiger partial charge in [0.25, 0.3) is 0 Å². The van der Waals surface area contributed by atoms with Gasteiger partial charge in [-0.2, -0.15) is 10.1 Å². The topological polar surface area (TPSA) is 90.0 Å². The van der Waals surface area contributed by atoms with Crippen molar-refractivity contribution in [1.82, 2.24) is 30.1 Å². The predicted molar refractivity (Wildman–Crippen MR) is 109 cm³/mol. The zero-order chi connectivity index (χ0) is 18.8. The van der Waals surface area contributed by atoms with Crippen molar-refractivity contribution in [3.63, 3.8) is 0 Å². The number of H-pyrrole nitrogens is 1. The summed E-state index contributed by atoms with van der Waals surface area (Å²) in [5.74, 6) is 2.67. The Labute approximate surface area is 166 Å². The second-order valence-corrected chi connectivity index (χ2v) is 7.09. The number of nitrogens with zero attached hydrogens (tertiary/aromatic N) is 8. The third-order valence-corrected chi connectivity index (χ3v) is 5.44. The van der Waals surface area contributed by atoms with Crippen molar-refractivity contribution in [2.24, 2.45) is 0 Å². The number of hydrogen-bond acceptors (Lipinski definition) is 8. The molecule has 0 radical (unpaired) electrons. The van der Waals surface area contributed by atoms with E-state index in [1.54, 1.807) is 6.33 Å². The van der Waals surface area contributed by atoms with E-state index >= 15 is 0 Å². The van der Waals surface area contributed by atoms with Crippen molar-refractivity contribution in [2.75, 3.05) is 54.0 Å². The van der Waals surface area contributed by atoms with Gasteiger partial charge in [-0.3, -0.25) is 5.10 Å². The second-order valence-electron chi connectivity index (χ2n) is 6.29. The molecule has 0 spiro atoms. The van der Waals surface area contributed by atoms with Gasteiger partial charge in [0, 0.05) is 45.5 Å². The maximum Gasteiger partial charge on any atom is 0.227 e. The normalized spacial score (nSPS) is 14.8. The third-order valence-electron chi connectivity index (χ3n) is 4.86. The van der Waals surface area contributed by atoms with E-state index in [1.165, 1.54) is 0 Å². The first-order valence-corrected chi connectivity index (χ1v) is 9.93. The van der Waals surface area contributed by atoms with Gasteiger partial charge < -0.3 is 14.7 Å². The number of piperazine rings is 1. The Balaban J connectivity index is 1.51. The van der Waals surface area contributed by atoms with Gasteiger partial charge in [0.1, 0.15) is 22.6 Å². The summed E-state index contributed by atoms with van der Waals surface area (Å²) < 4.78 is 0.811. The molecule has 1 fully saturated rings. The summed E-state index contributed by atoms with van der Waals surface area (Å²) in [6.45, 7) is 9.49. The summed E-state index contributed by atoms with van der Waals surface area (Å²) >= 11 is 3.51. The average molecular weight is 432 g/mol. The molecule has 0 aromatic carbocycles. The summed E-state index contributed by atoms with van der Waals surface area (Å²) in [7, 11) is 0. The van der Waals surface area contributed by atoms with Crippen LogP contribution in [0.5, 0.6) is 0 Å². The number of hydrogen-bond donors (Lipinski definition) is 1. The van der Waals surface area contributed by atoms with Crippen molar-refractivity contribution in [3.8, 4) is 0 Å². The van der Waals surface area contributed by atoms with Crippen LogP contribution >= 0.6 is 15.9 Å². The van der Waals surface area contributed by atoms with Crippen LogP contribution in [-0.4, -0.2) is 69.4 Å². The van der Waals surface area contributed by atoms with Gasteiger partial charge in [0.05, 0.1) is 5.39 Å². The summed E-state index contributed by atoms with van der Waals surface area (Å²) in [5, 5.41) is 8.04. The first-order valence-electron chi connectivity index (χ1n) is 9.13. The smallest absolute Gasteiger partial charge is 0.227 e. The molecular formula is C17H22BrN9. The van der Waals surface area contributed by atoms with E-state index in [-0.39, 0.29) is 0 Å². The van der Waals surface area contributed by atoms with Crippen LogP contribution in [0.15, 0.2) is 23.2 Å². The van der Waals surface area contributed by atoms with E-state index in [0.717, 1.165) is 66.8 Å². The quantitative estimate of drug-likeness (QED) is 0.656. The van der Waals surface area contributed by atoms with Crippen molar-refractivity contribution in [3.05, 3.63) is 23.2 Å². The van der Waals surface area contributed by atoms with E-state index in [2.05, 4.69) is 69.6 Å². The predicted octanol–water partition coefficient (Wildman–Crippen LogP) is 2.08. The molecule has 0 saturated carbocycles.